The van der Waals surface area contributed by atoms with Gasteiger partial charge < -0.3 is 15.1 Å². The van der Waals surface area contributed by atoms with E-state index >= 15 is 0 Å². The summed E-state index contributed by atoms with van der Waals surface area (Å²) < 4.78 is 42.6. The van der Waals surface area contributed by atoms with E-state index in [9.17, 15) is 22.8 Å². The lowest BCUT2D eigenvalue weighted by Crippen LogP contribution is -2.36. The molecule has 2 N–H and O–H groups in total. The quantitative estimate of drug-likeness (QED) is 0.157. The van der Waals surface area contributed by atoms with Gasteiger partial charge in [-0.15, -0.1) is 0 Å². The van der Waals surface area contributed by atoms with E-state index < -0.39 is 17.6 Å². The molecule has 1 heterocycles. The molecule has 1 aliphatic rings. The van der Waals surface area contributed by atoms with Gasteiger partial charge >= 0.3 is 6.18 Å². The van der Waals surface area contributed by atoms with Crippen LogP contribution in [-0.2, 0) is 24.1 Å². The smallest absolute Gasteiger partial charge is 0.345 e. The van der Waals surface area contributed by atoms with E-state index in [4.69, 9.17) is 0 Å². The number of nitrogens with zero attached hydrogens (tertiary/aromatic N) is 4. The van der Waals surface area contributed by atoms with Crippen molar-refractivity contribution in [2.45, 2.75) is 39.5 Å². The number of halogens is 3. The summed E-state index contributed by atoms with van der Waals surface area (Å²) >= 11 is 0. The van der Waals surface area contributed by atoms with Crippen LogP contribution in [0.15, 0.2) is 35.3 Å². The Morgan fingerprint density at radius 3 is 2.67 bits per heavy atom. The zero-order chi connectivity index (χ0) is 28.7. The fourth-order valence-corrected chi connectivity index (χ4v) is 4.61. The molecule has 0 radical (unpaired) electrons. The summed E-state index contributed by atoms with van der Waals surface area (Å²) in [7, 11) is 5.14. The Morgan fingerprint density at radius 1 is 1.26 bits per heavy atom. The van der Waals surface area contributed by atoms with Gasteiger partial charge in [-0.2, -0.15) is 13.2 Å². The number of aliphatic imine (C=N–C) groups is 1. The summed E-state index contributed by atoms with van der Waals surface area (Å²) in [5, 5.41) is 4.34. The number of aryl methyl sites for hydroxylation is 1. The second kappa shape index (κ2) is 12.7. The van der Waals surface area contributed by atoms with Crippen molar-refractivity contribution in [3.63, 3.8) is 0 Å². The molecule has 3 rings (SSSR count). The average molecular weight is 543 g/mol. The van der Waals surface area contributed by atoms with E-state index in [2.05, 4.69) is 27.6 Å². The lowest BCUT2D eigenvalue weighted by molar-refractivity contribution is -0.138. The third-order valence-electron chi connectivity index (χ3n) is 6.32. The number of nitrogens with one attached hydrogen (secondary N) is 2. The first-order valence-electron chi connectivity index (χ1n) is 12.4. The number of carbonyl (C=O) groups is 2. The molecule has 0 aromatic heterocycles. The van der Waals surface area contributed by atoms with Crippen molar-refractivity contribution in [2.24, 2.45) is 4.99 Å². The van der Waals surface area contributed by atoms with Crippen molar-refractivity contribution in [3.05, 3.63) is 58.1 Å². The van der Waals surface area contributed by atoms with E-state index in [0.29, 0.717) is 36.4 Å². The average Bonchev–Trinajstić information content (AvgIpc) is 3.20. The molecule has 0 saturated heterocycles. The number of carbonyl (C=O) groups excluding carboxylic acids is 2. The third-order valence-corrected chi connectivity index (χ3v) is 6.32. The van der Waals surface area contributed by atoms with E-state index in [1.54, 1.807) is 51.3 Å². The van der Waals surface area contributed by atoms with Crippen LogP contribution in [0.1, 0.15) is 46.0 Å². The molecule has 0 atom stereocenters. The number of anilines is 2. The van der Waals surface area contributed by atoms with Crippen molar-refractivity contribution in [3.8, 4) is 11.8 Å². The summed E-state index contributed by atoms with van der Waals surface area (Å²) in [6.45, 7) is 4.39. The Morgan fingerprint density at radius 2 is 2.00 bits per heavy atom. The summed E-state index contributed by atoms with van der Waals surface area (Å²) in [5.74, 6) is 4.06. The van der Waals surface area contributed by atoms with Crippen LogP contribution in [0.2, 0.25) is 0 Å². The van der Waals surface area contributed by atoms with Crippen LogP contribution in [0.3, 0.4) is 0 Å². The minimum absolute atomic E-state index is 0.0307. The summed E-state index contributed by atoms with van der Waals surface area (Å²) in [5.41, 5.74) is 4.58. The van der Waals surface area contributed by atoms with Gasteiger partial charge in [-0.05, 0) is 74.7 Å². The number of amides is 2. The predicted molar refractivity (Wildman–Crippen MR) is 147 cm³/mol. The van der Waals surface area contributed by atoms with Crippen molar-refractivity contribution in [2.75, 3.05) is 44.1 Å². The van der Waals surface area contributed by atoms with Crippen LogP contribution in [0.25, 0.3) is 0 Å². The van der Waals surface area contributed by atoms with Gasteiger partial charge in [0.25, 0.3) is 11.8 Å². The van der Waals surface area contributed by atoms with Crippen molar-refractivity contribution in [1.82, 2.24) is 15.6 Å². The summed E-state index contributed by atoms with van der Waals surface area (Å²) in [4.78, 5) is 32.2. The van der Waals surface area contributed by atoms with E-state index in [1.807, 2.05) is 17.9 Å². The number of benzene rings is 2. The SMILES string of the molecule is CC#CC(=O)NCCCN(C)Cc1cc2c(c(C(F)(F)F)c1)CN(c1cccc(C)c1N(C)NC=NC)C2=O. The predicted octanol–water partition coefficient (Wildman–Crippen LogP) is 3.73. The van der Waals surface area contributed by atoms with E-state index in [0.717, 1.165) is 11.6 Å². The number of fused-ring (bicyclic) bond motifs is 1. The zero-order valence-electron chi connectivity index (χ0n) is 22.7. The minimum Gasteiger partial charge on any atom is -0.345 e. The molecule has 2 aromatic rings. The second-order valence-corrected chi connectivity index (χ2v) is 9.30. The first kappa shape index (κ1) is 29.5. The first-order valence-corrected chi connectivity index (χ1v) is 12.4. The van der Waals surface area contributed by atoms with Crippen LogP contribution in [0.5, 0.6) is 0 Å². The first-order chi connectivity index (χ1) is 18.5. The zero-order valence-corrected chi connectivity index (χ0v) is 22.7. The maximum atomic E-state index is 14.2. The topological polar surface area (TPSA) is 80.3 Å². The monoisotopic (exact) mass is 542 g/mol. The molecule has 39 heavy (non-hydrogen) atoms. The van der Waals surface area contributed by atoms with Crippen molar-refractivity contribution in [1.29, 1.82) is 0 Å². The molecule has 2 amide bonds. The Kier molecular flexibility index (Phi) is 9.59. The lowest BCUT2D eigenvalue weighted by atomic mass is 9.98. The van der Waals surface area contributed by atoms with Crippen LogP contribution < -0.4 is 20.7 Å². The lowest BCUT2D eigenvalue weighted by Gasteiger charge is -2.27. The molecule has 0 saturated carbocycles. The normalized spacial score (nSPS) is 12.9. The number of rotatable bonds is 10. The molecular formula is C28H33F3N6O2. The van der Waals surface area contributed by atoms with Crippen LogP contribution >= 0.6 is 0 Å². The Bertz CT molecular complexity index is 1310. The van der Waals surface area contributed by atoms with Crippen LogP contribution in [0, 0.1) is 18.8 Å². The van der Waals surface area contributed by atoms with Crippen molar-refractivity contribution < 1.29 is 22.8 Å². The van der Waals surface area contributed by atoms with Crippen LogP contribution in [-0.4, -0.2) is 57.3 Å². The highest BCUT2D eigenvalue weighted by molar-refractivity contribution is 6.12. The van der Waals surface area contributed by atoms with Crippen LogP contribution in [0.4, 0.5) is 24.5 Å². The Labute approximate surface area is 226 Å². The van der Waals surface area contributed by atoms with E-state index in [-0.39, 0.29) is 30.1 Å². The van der Waals surface area contributed by atoms with Gasteiger partial charge in [-0.25, -0.2) is 0 Å². The maximum absolute atomic E-state index is 14.2. The molecule has 0 unspecified atom stereocenters. The standard InChI is InChI=1S/C28H33F3N6O2/c1-6-9-25(38)33-12-8-13-35(4)16-20-14-21-22(23(15-20)28(29,30)31)17-37(27(21)39)24-11-7-10-19(2)26(24)36(5)34-18-32-3/h7,10-11,14-15,18H,8,12-13,16-17H2,1-5H3,(H,32,34)(H,33,38). The molecule has 0 spiro atoms. The number of hydrazine groups is 1. The molecule has 2 aromatic carbocycles. The van der Waals surface area contributed by atoms with Gasteiger partial charge in [0, 0.05) is 32.7 Å². The molecule has 208 valence electrons. The van der Waals surface area contributed by atoms with E-state index in [1.165, 1.54) is 11.2 Å². The molecule has 11 heteroatoms. The van der Waals surface area contributed by atoms with Gasteiger partial charge in [0.2, 0.25) is 0 Å². The largest absolute Gasteiger partial charge is 0.416 e. The molecule has 0 bridgehead atoms. The molecular weight excluding hydrogens is 509 g/mol. The fraction of sp³-hybridized carbons (Fsp3) is 0.393. The van der Waals surface area contributed by atoms with Gasteiger partial charge in [0.1, 0.15) is 6.34 Å². The number of para-hydroxylation sites is 1. The highest BCUT2D eigenvalue weighted by atomic mass is 19.4. The molecule has 0 fully saturated rings. The Hall–Kier alpha value is -4.04. The number of hydrogen-bond acceptors (Lipinski definition) is 5. The molecule has 0 aliphatic carbocycles. The molecule has 1 aliphatic heterocycles. The highest BCUT2D eigenvalue weighted by Crippen LogP contribution is 2.42. The second-order valence-electron chi connectivity index (χ2n) is 9.30. The van der Waals surface area contributed by atoms with Crippen molar-refractivity contribution >= 4 is 29.5 Å². The Balaban J connectivity index is 1.87. The minimum atomic E-state index is -4.62. The highest BCUT2D eigenvalue weighted by Gasteiger charge is 2.41. The number of alkyl halides is 3. The number of hydrogen-bond donors (Lipinski definition) is 2. The fourth-order valence-electron chi connectivity index (χ4n) is 4.61. The van der Waals surface area contributed by atoms with Gasteiger partial charge in [-0.1, -0.05) is 18.1 Å². The summed E-state index contributed by atoms with van der Waals surface area (Å²) in [6.07, 6.45) is -2.54. The van der Waals surface area contributed by atoms with Gasteiger partial charge in [0.05, 0.1) is 23.5 Å². The summed E-state index contributed by atoms with van der Waals surface area (Å²) in [6, 6.07) is 8.05. The van der Waals surface area contributed by atoms with Gasteiger partial charge in [0.15, 0.2) is 0 Å². The molecule has 8 nitrogen and oxygen atoms in total. The third kappa shape index (κ3) is 7.09. The maximum Gasteiger partial charge on any atom is 0.416 e. The van der Waals surface area contributed by atoms with Gasteiger partial charge in [-0.3, -0.25) is 25.0 Å².